The lowest BCUT2D eigenvalue weighted by Gasteiger charge is -2.24. The first-order valence-corrected chi connectivity index (χ1v) is 16.3. The van der Waals surface area contributed by atoms with Crippen molar-refractivity contribution in [3.8, 4) is 45.1 Å². The second kappa shape index (κ2) is 11.2. The van der Waals surface area contributed by atoms with Crippen molar-refractivity contribution in [2.75, 3.05) is 0 Å². The van der Waals surface area contributed by atoms with Gasteiger partial charge in [0.2, 0.25) is 0 Å². The summed E-state index contributed by atoms with van der Waals surface area (Å²) < 4.78 is 2.16. The van der Waals surface area contributed by atoms with Crippen molar-refractivity contribution in [2.24, 2.45) is 0 Å². The standard InChI is InChI=1S/C43H41N3O/c1-27-32-19-13-23-44-39(32)34(26-36(27)43(5,6)7)29-15-11-14-28(24-29)33-18-12-20-37-40(33)45-41(46(37)31-16-9-8-10-17-31)35-25-30(42(2,3)4)21-22-38(35)47/h8-26,47H,1-7H3. The van der Waals surface area contributed by atoms with Crippen LogP contribution in [-0.2, 0) is 10.8 Å². The predicted octanol–water partition coefficient (Wildman–Crippen LogP) is 11.2. The van der Waals surface area contributed by atoms with Crippen LogP contribution in [0.3, 0.4) is 0 Å². The number of hydrogen-bond donors (Lipinski definition) is 1. The Morgan fingerprint density at radius 2 is 1.34 bits per heavy atom. The molecule has 4 heteroatoms. The molecule has 0 bridgehead atoms. The number of para-hydroxylation sites is 2. The highest BCUT2D eigenvalue weighted by Gasteiger charge is 2.24. The summed E-state index contributed by atoms with van der Waals surface area (Å²) in [5.74, 6) is 0.921. The van der Waals surface area contributed by atoms with Gasteiger partial charge < -0.3 is 5.11 Å². The maximum atomic E-state index is 11.2. The Labute approximate surface area is 277 Å². The molecule has 0 aliphatic heterocycles. The van der Waals surface area contributed by atoms with E-state index in [1.165, 1.54) is 16.5 Å². The highest BCUT2D eigenvalue weighted by molar-refractivity contribution is 5.99. The Balaban J connectivity index is 1.47. The molecule has 0 spiro atoms. The first kappa shape index (κ1) is 30.4. The van der Waals surface area contributed by atoms with Crippen molar-refractivity contribution in [1.82, 2.24) is 14.5 Å². The molecule has 0 radical (unpaired) electrons. The van der Waals surface area contributed by atoms with Gasteiger partial charge in [-0.05, 0) is 94.1 Å². The molecule has 4 nitrogen and oxygen atoms in total. The van der Waals surface area contributed by atoms with Crippen LogP contribution < -0.4 is 0 Å². The number of aromatic nitrogens is 3. The summed E-state index contributed by atoms with van der Waals surface area (Å²) in [6.07, 6.45) is 1.88. The second-order valence-electron chi connectivity index (χ2n) is 14.6. The van der Waals surface area contributed by atoms with Crippen LogP contribution in [0.1, 0.15) is 58.2 Å². The first-order chi connectivity index (χ1) is 22.4. The number of nitrogens with zero attached hydrogens (tertiary/aromatic N) is 3. The highest BCUT2D eigenvalue weighted by Crippen LogP contribution is 2.41. The molecule has 0 aliphatic rings. The average molecular weight is 616 g/mol. The molecule has 0 aliphatic carbocycles. The SMILES string of the molecule is Cc1c(C(C)(C)C)cc(-c2cccc(-c3cccc4c3nc(-c3cc(C(C)(C)C)ccc3O)n4-c3ccccc3)c2)c2ncccc12. The number of pyridine rings is 1. The largest absolute Gasteiger partial charge is 0.507 e. The summed E-state index contributed by atoms with van der Waals surface area (Å²) >= 11 is 0. The Morgan fingerprint density at radius 3 is 2.06 bits per heavy atom. The average Bonchev–Trinajstić information content (AvgIpc) is 3.44. The Hall–Kier alpha value is -5.22. The summed E-state index contributed by atoms with van der Waals surface area (Å²) in [4.78, 5) is 10.2. The molecule has 0 amide bonds. The van der Waals surface area contributed by atoms with Crippen molar-refractivity contribution in [3.63, 3.8) is 0 Å². The Morgan fingerprint density at radius 1 is 0.617 bits per heavy atom. The van der Waals surface area contributed by atoms with Gasteiger partial charge in [-0.25, -0.2) is 4.98 Å². The van der Waals surface area contributed by atoms with Gasteiger partial charge in [0.05, 0.1) is 22.1 Å². The normalized spacial score (nSPS) is 12.2. The molecule has 0 atom stereocenters. The fourth-order valence-electron chi connectivity index (χ4n) is 6.77. The number of imidazole rings is 1. The van der Waals surface area contributed by atoms with Gasteiger partial charge in [-0.3, -0.25) is 9.55 Å². The van der Waals surface area contributed by atoms with Crippen LogP contribution in [0, 0.1) is 6.92 Å². The number of aromatic hydroxyl groups is 1. The van der Waals surface area contributed by atoms with E-state index in [9.17, 15) is 5.11 Å². The van der Waals surface area contributed by atoms with Crippen molar-refractivity contribution in [2.45, 2.75) is 59.3 Å². The molecule has 1 N–H and O–H groups in total. The quantitative estimate of drug-likeness (QED) is 0.214. The van der Waals surface area contributed by atoms with Crippen molar-refractivity contribution < 1.29 is 5.11 Å². The number of rotatable bonds is 4. The van der Waals surface area contributed by atoms with Crippen molar-refractivity contribution in [3.05, 3.63) is 132 Å². The maximum absolute atomic E-state index is 11.2. The summed E-state index contributed by atoms with van der Waals surface area (Å²) in [5, 5.41) is 12.4. The van der Waals surface area contributed by atoms with Crippen molar-refractivity contribution in [1.29, 1.82) is 0 Å². The lowest BCUT2D eigenvalue weighted by Crippen LogP contribution is -2.13. The monoisotopic (exact) mass is 615 g/mol. The third-order valence-corrected chi connectivity index (χ3v) is 9.26. The van der Waals surface area contributed by atoms with Crippen LogP contribution in [0.4, 0.5) is 0 Å². The zero-order valence-electron chi connectivity index (χ0n) is 28.3. The van der Waals surface area contributed by atoms with E-state index in [-0.39, 0.29) is 16.6 Å². The Kier molecular flexibility index (Phi) is 7.28. The number of aryl methyl sites for hydroxylation is 1. The number of phenolic OH excluding ortho intramolecular Hbond substituents is 1. The minimum Gasteiger partial charge on any atom is -0.507 e. The highest BCUT2D eigenvalue weighted by atomic mass is 16.3. The van der Waals surface area contributed by atoms with E-state index in [0.717, 1.165) is 50.1 Å². The Bertz CT molecular complexity index is 2280. The van der Waals surface area contributed by atoms with E-state index in [1.54, 1.807) is 6.07 Å². The molecular weight excluding hydrogens is 574 g/mol. The molecular formula is C43H41N3O. The maximum Gasteiger partial charge on any atom is 0.149 e. The summed E-state index contributed by atoms with van der Waals surface area (Å²) in [7, 11) is 0. The second-order valence-corrected chi connectivity index (χ2v) is 14.6. The third kappa shape index (κ3) is 5.38. The van der Waals surface area contributed by atoms with Crippen LogP contribution in [-0.4, -0.2) is 19.6 Å². The van der Waals surface area contributed by atoms with E-state index >= 15 is 0 Å². The number of fused-ring (bicyclic) bond motifs is 2. The topological polar surface area (TPSA) is 50.9 Å². The molecule has 0 saturated heterocycles. The summed E-state index contributed by atoms with van der Waals surface area (Å²) in [6.45, 7) is 15.6. The van der Waals surface area contributed by atoms with Gasteiger partial charge >= 0.3 is 0 Å². The van der Waals surface area contributed by atoms with Crippen LogP contribution in [0.2, 0.25) is 0 Å². The molecule has 234 valence electrons. The molecule has 0 unspecified atom stereocenters. The van der Waals surface area contributed by atoms with Gasteiger partial charge in [0.25, 0.3) is 0 Å². The van der Waals surface area contributed by atoms with Gasteiger partial charge in [0.15, 0.2) is 0 Å². The summed E-state index contributed by atoms with van der Waals surface area (Å²) in [5.41, 5.74) is 12.6. The van der Waals surface area contributed by atoms with Crippen LogP contribution in [0.25, 0.3) is 61.3 Å². The number of phenols is 1. The fraction of sp³-hybridized carbons (Fsp3) is 0.209. The zero-order chi connectivity index (χ0) is 33.1. The van der Waals surface area contributed by atoms with E-state index in [4.69, 9.17) is 9.97 Å². The van der Waals surface area contributed by atoms with E-state index in [2.05, 4.69) is 126 Å². The molecule has 2 aromatic heterocycles. The number of benzene rings is 5. The molecule has 47 heavy (non-hydrogen) atoms. The zero-order valence-corrected chi connectivity index (χ0v) is 28.3. The lowest BCUT2D eigenvalue weighted by molar-refractivity contribution is 0.475. The lowest BCUT2D eigenvalue weighted by atomic mass is 9.80. The van der Waals surface area contributed by atoms with Gasteiger partial charge in [-0.2, -0.15) is 0 Å². The molecule has 0 fully saturated rings. The number of hydrogen-bond acceptors (Lipinski definition) is 3. The fourth-order valence-corrected chi connectivity index (χ4v) is 6.77. The first-order valence-electron chi connectivity index (χ1n) is 16.3. The van der Waals surface area contributed by atoms with Gasteiger partial charge in [0.1, 0.15) is 11.6 Å². The molecule has 0 saturated carbocycles. The van der Waals surface area contributed by atoms with Crippen LogP contribution in [0.5, 0.6) is 5.75 Å². The molecule has 2 heterocycles. The molecule has 5 aromatic carbocycles. The van der Waals surface area contributed by atoms with E-state index < -0.39 is 0 Å². The predicted molar refractivity (Wildman–Crippen MR) is 196 cm³/mol. The van der Waals surface area contributed by atoms with Crippen LogP contribution >= 0.6 is 0 Å². The van der Waals surface area contributed by atoms with Gasteiger partial charge in [-0.15, -0.1) is 0 Å². The van der Waals surface area contributed by atoms with Gasteiger partial charge in [-0.1, -0.05) is 102 Å². The van der Waals surface area contributed by atoms with E-state index in [0.29, 0.717) is 11.4 Å². The third-order valence-electron chi connectivity index (χ3n) is 9.26. The van der Waals surface area contributed by atoms with Gasteiger partial charge in [0, 0.05) is 28.4 Å². The minimum absolute atomic E-state index is 0.0113. The van der Waals surface area contributed by atoms with Crippen molar-refractivity contribution >= 4 is 21.9 Å². The smallest absolute Gasteiger partial charge is 0.149 e. The molecule has 7 rings (SSSR count). The summed E-state index contributed by atoms with van der Waals surface area (Å²) in [6, 6.07) is 37.8. The van der Waals surface area contributed by atoms with Crippen LogP contribution in [0.15, 0.2) is 115 Å². The molecule has 7 aromatic rings. The van der Waals surface area contributed by atoms with E-state index in [1.807, 2.05) is 36.5 Å². The minimum atomic E-state index is -0.0838.